The summed E-state index contributed by atoms with van der Waals surface area (Å²) in [5.41, 5.74) is 0.0735. The highest BCUT2D eigenvalue weighted by molar-refractivity contribution is 5.90. The van der Waals surface area contributed by atoms with Gasteiger partial charge in [-0.1, -0.05) is 36.4 Å². The van der Waals surface area contributed by atoms with Gasteiger partial charge in [-0.25, -0.2) is 4.79 Å². The third-order valence-corrected chi connectivity index (χ3v) is 3.96. The molecule has 118 valence electrons. The molecule has 0 radical (unpaired) electrons. The summed E-state index contributed by atoms with van der Waals surface area (Å²) in [6, 6.07) is 9.49. The second-order valence-electron chi connectivity index (χ2n) is 5.57. The lowest BCUT2D eigenvalue weighted by molar-refractivity contribution is -0.130. The first-order valence-electron chi connectivity index (χ1n) is 7.45. The first-order valence-corrected chi connectivity index (χ1v) is 7.45. The van der Waals surface area contributed by atoms with Gasteiger partial charge in [0.1, 0.15) is 12.1 Å². The van der Waals surface area contributed by atoms with Crippen LogP contribution in [0.1, 0.15) is 25.3 Å². The van der Waals surface area contributed by atoms with Crippen molar-refractivity contribution in [1.29, 1.82) is 0 Å². The first kappa shape index (κ1) is 16.1. The predicted octanol–water partition coefficient (Wildman–Crippen LogP) is 2.48. The Balaban J connectivity index is 1.98. The van der Waals surface area contributed by atoms with E-state index in [4.69, 9.17) is 4.74 Å². The average Bonchev–Trinajstić information content (AvgIpc) is 2.94. The number of rotatable bonds is 5. The molecule has 1 N–H and O–H groups in total. The fourth-order valence-corrected chi connectivity index (χ4v) is 2.64. The Labute approximate surface area is 130 Å². The van der Waals surface area contributed by atoms with Crippen LogP contribution >= 0.6 is 0 Å². The van der Waals surface area contributed by atoms with E-state index in [1.165, 1.54) is 4.90 Å². The number of amides is 2. The third-order valence-electron chi connectivity index (χ3n) is 3.96. The van der Waals surface area contributed by atoms with E-state index in [-0.39, 0.29) is 12.5 Å². The highest BCUT2D eigenvalue weighted by Crippen LogP contribution is 2.30. The molecule has 1 aromatic rings. The molecule has 1 saturated heterocycles. The molecule has 1 fully saturated rings. The summed E-state index contributed by atoms with van der Waals surface area (Å²) in [5.74, 6) is -0.165. The van der Waals surface area contributed by atoms with Gasteiger partial charge < -0.3 is 10.1 Å². The van der Waals surface area contributed by atoms with Gasteiger partial charge in [0.05, 0.1) is 0 Å². The summed E-state index contributed by atoms with van der Waals surface area (Å²) in [6.45, 7) is 6.49. The molecule has 1 aliphatic heterocycles. The molecule has 2 amide bonds. The molecule has 5 nitrogen and oxygen atoms in total. The van der Waals surface area contributed by atoms with Crippen LogP contribution in [0.3, 0.4) is 0 Å². The van der Waals surface area contributed by atoms with Gasteiger partial charge >= 0.3 is 6.09 Å². The minimum atomic E-state index is -0.850. The van der Waals surface area contributed by atoms with Crippen LogP contribution in [0.2, 0.25) is 0 Å². The zero-order valence-corrected chi connectivity index (χ0v) is 12.9. The molecule has 0 aromatic heterocycles. The molecule has 22 heavy (non-hydrogen) atoms. The maximum absolute atomic E-state index is 12.3. The number of nitrogens with one attached hydrogen (secondary N) is 1. The summed E-state index contributed by atoms with van der Waals surface area (Å²) in [6.07, 6.45) is 2.60. The van der Waals surface area contributed by atoms with Gasteiger partial charge in [0.15, 0.2) is 0 Å². The van der Waals surface area contributed by atoms with Gasteiger partial charge in [-0.3, -0.25) is 9.69 Å². The van der Waals surface area contributed by atoms with E-state index in [1.807, 2.05) is 30.3 Å². The maximum Gasteiger partial charge on any atom is 0.410 e. The van der Waals surface area contributed by atoms with Gasteiger partial charge in [-0.05, 0) is 25.3 Å². The smallest absolute Gasteiger partial charge is 0.410 e. The summed E-state index contributed by atoms with van der Waals surface area (Å²) in [5, 5.41) is 2.77. The second-order valence-corrected chi connectivity index (χ2v) is 5.57. The van der Waals surface area contributed by atoms with Crippen molar-refractivity contribution >= 4 is 12.0 Å². The van der Waals surface area contributed by atoms with Crippen molar-refractivity contribution in [2.24, 2.45) is 0 Å². The lowest BCUT2D eigenvalue weighted by Gasteiger charge is -2.32. The van der Waals surface area contributed by atoms with Crippen molar-refractivity contribution in [3.8, 4) is 0 Å². The summed E-state index contributed by atoms with van der Waals surface area (Å²) < 4.78 is 5.35. The molecular formula is C17H22N2O3. The van der Waals surface area contributed by atoms with E-state index >= 15 is 0 Å². The first-order chi connectivity index (χ1) is 10.6. The van der Waals surface area contributed by atoms with Crippen molar-refractivity contribution in [3.63, 3.8) is 0 Å². The Bertz CT molecular complexity index is 544. The number of carbonyl (C=O) groups excluding carboxylic acids is 2. The molecule has 0 spiro atoms. The van der Waals surface area contributed by atoms with E-state index in [9.17, 15) is 9.59 Å². The van der Waals surface area contributed by atoms with Crippen LogP contribution in [0, 0.1) is 0 Å². The van der Waals surface area contributed by atoms with Crippen LogP contribution in [0.15, 0.2) is 43.0 Å². The average molecular weight is 302 g/mol. The molecule has 0 bridgehead atoms. The lowest BCUT2D eigenvalue weighted by Crippen LogP contribution is -2.55. The van der Waals surface area contributed by atoms with E-state index < -0.39 is 11.6 Å². The van der Waals surface area contributed by atoms with Crippen LogP contribution in [-0.4, -0.2) is 35.5 Å². The Kier molecular flexibility index (Phi) is 5.20. The highest BCUT2D eigenvalue weighted by atomic mass is 16.6. The van der Waals surface area contributed by atoms with Gasteiger partial charge in [-0.15, -0.1) is 6.58 Å². The molecule has 1 aliphatic rings. The molecule has 1 aromatic carbocycles. The summed E-state index contributed by atoms with van der Waals surface area (Å²) in [4.78, 5) is 26.1. The SMILES string of the molecule is C=CCNC(=O)C1(C)CCCN1C(=O)OCc1ccccc1. The van der Waals surface area contributed by atoms with E-state index in [0.29, 0.717) is 19.5 Å². The Morgan fingerprint density at radius 1 is 1.41 bits per heavy atom. The molecular weight excluding hydrogens is 280 g/mol. The third kappa shape index (κ3) is 3.47. The summed E-state index contributed by atoms with van der Waals surface area (Å²) >= 11 is 0. The van der Waals surface area contributed by atoms with Crippen molar-refractivity contribution in [2.45, 2.75) is 31.9 Å². The van der Waals surface area contributed by atoms with Crippen LogP contribution in [0.5, 0.6) is 0 Å². The minimum Gasteiger partial charge on any atom is -0.445 e. The Hall–Kier alpha value is -2.30. The number of benzene rings is 1. The molecule has 1 heterocycles. The molecule has 1 unspecified atom stereocenters. The van der Waals surface area contributed by atoms with E-state index in [2.05, 4.69) is 11.9 Å². The molecule has 5 heteroatoms. The zero-order valence-electron chi connectivity index (χ0n) is 12.9. The lowest BCUT2D eigenvalue weighted by atomic mass is 9.98. The predicted molar refractivity (Wildman–Crippen MR) is 84.2 cm³/mol. The van der Waals surface area contributed by atoms with Crippen molar-refractivity contribution in [3.05, 3.63) is 48.6 Å². The number of hydrogen-bond acceptors (Lipinski definition) is 3. The number of carbonyl (C=O) groups is 2. The topological polar surface area (TPSA) is 58.6 Å². The molecule has 0 saturated carbocycles. The van der Waals surface area contributed by atoms with Gasteiger partial charge in [0.25, 0.3) is 0 Å². The number of ether oxygens (including phenoxy) is 1. The van der Waals surface area contributed by atoms with Gasteiger partial charge in [0.2, 0.25) is 5.91 Å². The Morgan fingerprint density at radius 2 is 2.14 bits per heavy atom. The fraction of sp³-hybridized carbons (Fsp3) is 0.412. The normalized spacial score (nSPS) is 20.5. The highest BCUT2D eigenvalue weighted by Gasteiger charge is 2.46. The molecule has 1 atom stereocenters. The van der Waals surface area contributed by atoms with E-state index in [1.54, 1.807) is 13.0 Å². The second kappa shape index (κ2) is 7.11. The maximum atomic E-state index is 12.3. The molecule has 2 rings (SSSR count). The van der Waals surface area contributed by atoms with Crippen LogP contribution in [0.25, 0.3) is 0 Å². The largest absolute Gasteiger partial charge is 0.445 e. The number of hydrogen-bond donors (Lipinski definition) is 1. The summed E-state index contributed by atoms with van der Waals surface area (Å²) in [7, 11) is 0. The standard InChI is InChI=1S/C17H22N2O3/c1-3-11-18-15(20)17(2)10-7-12-19(17)16(21)22-13-14-8-5-4-6-9-14/h3-6,8-9H,1,7,10-13H2,2H3,(H,18,20). The minimum absolute atomic E-state index is 0.165. The zero-order chi connectivity index (χ0) is 16.0. The monoisotopic (exact) mass is 302 g/mol. The van der Waals surface area contributed by atoms with Crippen LogP contribution < -0.4 is 5.32 Å². The van der Waals surface area contributed by atoms with Crippen molar-refractivity contribution in [2.75, 3.05) is 13.1 Å². The Morgan fingerprint density at radius 3 is 2.82 bits per heavy atom. The van der Waals surface area contributed by atoms with Gasteiger partial charge in [-0.2, -0.15) is 0 Å². The fourth-order valence-electron chi connectivity index (χ4n) is 2.64. The van der Waals surface area contributed by atoms with Gasteiger partial charge in [0, 0.05) is 13.1 Å². The van der Waals surface area contributed by atoms with Crippen LogP contribution in [-0.2, 0) is 16.1 Å². The quantitative estimate of drug-likeness (QED) is 0.850. The van der Waals surface area contributed by atoms with E-state index in [0.717, 1.165) is 12.0 Å². The number of nitrogens with zero attached hydrogens (tertiary/aromatic N) is 1. The molecule has 0 aliphatic carbocycles. The van der Waals surface area contributed by atoms with Crippen molar-refractivity contribution in [1.82, 2.24) is 10.2 Å². The number of likely N-dealkylation sites (tertiary alicyclic amines) is 1. The van der Waals surface area contributed by atoms with Crippen LogP contribution in [0.4, 0.5) is 4.79 Å². The van der Waals surface area contributed by atoms with Crippen molar-refractivity contribution < 1.29 is 14.3 Å².